The lowest BCUT2D eigenvalue weighted by Gasteiger charge is -2.26. The highest BCUT2D eigenvalue weighted by atomic mass is 79.9. The highest BCUT2D eigenvalue weighted by Crippen LogP contribution is 2.28. The first kappa shape index (κ1) is 18.8. The van der Waals surface area contributed by atoms with Crippen molar-refractivity contribution in [3.05, 3.63) is 63.6 Å². The molecule has 0 aromatic heterocycles. The third kappa shape index (κ3) is 3.93. The van der Waals surface area contributed by atoms with Crippen molar-refractivity contribution in [2.45, 2.75) is 13.8 Å². The van der Waals surface area contributed by atoms with Gasteiger partial charge in [-0.25, -0.2) is 9.69 Å². The Balaban J connectivity index is 2.04. The number of ether oxygens (including phenoxy) is 1. The van der Waals surface area contributed by atoms with Gasteiger partial charge in [0.2, 0.25) is 0 Å². The van der Waals surface area contributed by atoms with Crippen LogP contribution in [0.1, 0.15) is 18.1 Å². The first-order chi connectivity index (χ1) is 12.9. The van der Waals surface area contributed by atoms with Gasteiger partial charge in [0.05, 0.1) is 12.3 Å². The minimum absolute atomic E-state index is 0.144. The van der Waals surface area contributed by atoms with Crippen LogP contribution in [0.25, 0.3) is 6.08 Å². The van der Waals surface area contributed by atoms with Crippen LogP contribution in [-0.4, -0.2) is 24.5 Å². The number of hydrogen-bond donors (Lipinski definition) is 1. The third-order valence-electron chi connectivity index (χ3n) is 3.97. The van der Waals surface area contributed by atoms with Gasteiger partial charge in [0.1, 0.15) is 11.3 Å². The average molecular weight is 429 g/mol. The second-order valence-corrected chi connectivity index (χ2v) is 6.82. The smallest absolute Gasteiger partial charge is 0.335 e. The van der Waals surface area contributed by atoms with Crippen LogP contribution in [0.4, 0.5) is 10.5 Å². The summed E-state index contributed by atoms with van der Waals surface area (Å²) in [6, 6.07) is 11.4. The van der Waals surface area contributed by atoms with Crippen LogP contribution in [-0.2, 0) is 9.59 Å². The maximum atomic E-state index is 12.9. The van der Waals surface area contributed by atoms with E-state index in [1.807, 2.05) is 13.8 Å². The van der Waals surface area contributed by atoms with Gasteiger partial charge >= 0.3 is 6.03 Å². The number of halogens is 1. The first-order valence-electron chi connectivity index (χ1n) is 8.31. The lowest BCUT2D eigenvalue weighted by Crippen LogP contribution is -2.54. The zero-order valence-corrected chi connectivity index (χ0v) is 16.4. The predicted molar refractivity (Wildman–Crippen MR) is 105 cm³/mol. The van der Waals surface area contributed by atoms with Gasteiger partial charge in [-0.05, 0) is 50.3 Å². The molecule has 7 heteroatoms. The largest absolute Gasteiger partial charge is 0.493 e. The number of nitrogens with one attached hydrogen (secondary N) is 1. The monoisotopic (exact) mass is 428 g/mol. The highest BCUT2D eigenvalue weighted by Gasteiger charge is 2.36. The molecule has 2 aromatic carbocycles. The Morgan fingerprint density at radius 3 is 2.48 bits per heavy atom. The molecule has 1 aliphatic rings. The molecule has 0 radical (unpaired) electrons. The average Bonchev–Trinajstić information content (AvgIpc) is 2.62. The van der Waals surface area contributed by atoms with E-state index in [0.29, 0.717) is 23.6 Å². The number of benzene rings is 2. The van der Waals surface area contributed by atoms with Crippen molar-refractivity contribution < 1.29 is 19.1 Å². The fourth-order valence-corrected chi connectivity index (χ4v) is 3.04. The van der Waals surface area contributed by atoms with Gasteiger partial charge in [0, 0.05) is 10.0 Å². The number of carbonyl (C=O) groups is 3. The molecule has 138 valence electrons. The van der Waals surface area contributed by atoms with Gasteiger partial charge in [-0.15, -0.1) is 0 Å². The van der Waals surface area contributed by atoms with Crippen LogP contribution in [0, 0.1) is 6.92 Å². The summed E-state index contributed by atoms with van der Waals surface area (Å²) in [5.74, 6) is -0.890. The minimum atomic E-state index is -0.773. The SMILES string of the molecule is CCOc1ccc(Br)cc1/C=C1/C(=O)NC(=O)N(c2ccc(C)cc2)C1=O. The predicted octanol–water partition coefficient (Wildman–Crippen LogP) is 3.82. The Bertz CT molecular complexity index is 951. The van der Waals surface area contributed by atoms with Crippen LogP contribution < -0.4 is 15.0 Å². The van der Waals surface area contributed by atoms with Crippen molar-refractivity contribution in [3.8, 4) is 5.75 Å². The van der Waals surface area contributed by atoms with Crippen LogP contribution in [0.5, 0.6) is 5.75 Å². The molecule has 0 spiro atoms. The number of imide groups is 2. The molecule has 1 aliphatic heterocycles. The summed E-state index contributed by atoms with van der Waals surface area (Å²) in [7, 11) is 0. The number of hydrogen-bond acceptors (Lipinski definition) is 4. The van der Waals surface area contributed by atoms with Crippen molar-refractivity contribution in [1.29, 1.82) is 0 Å². The van der Waals surface area contributed by atoms with E-state index in [0.717, 1.165) is 14.9 Å². The fourth-order valence-electron chi connectivity index (χ4n) is 2.66. The normalized spacial score (nSPS) is 15.9. The Morgan fingerprint density at radius 1 is 1.11 bits per heavy atom. The van der Waals surface area contributed by atoms with Crippen molar-refractivity contribution in [1.82, 2.24) is 5.32 Å². The van der Waals surface area contributed by atoms with Crippen LogP contribution in [0.2, 0.25) is 0 Å². The van der Waals surface area contributed by atoms with Crippen molar-refractivity contribution >= 4 is 45.5 Å². The number of urea groups is 1. The summed E-state index contributed by atoms with van der Waals surface area (Å²) in [6.45, 7) is 4.18. The highest BCUT2D eigenvalue weighted by molar-refractivity contribution is 9.10. The van der Waals surface area contributed by atoms with E-state index in [1.54, 1.807) is 42.5 Å². The van der Waals surface area contributed by atoms with E-state index < -0.39 is 17.8 Å². The van der Waals surface area contributed by atoms with E-state index in [4.69, 9.17) is 4.74 Å². The van der Waals surface area contributed by atoms with E-state index in [1.165, 1.54) is 6.08 Å². The molecule has 1 N–H and O–H groups in total. The van der Waals surface area contributed by atoms with Gasteiger partial charge in [0.25, 0.3) is 11.8 Å². The summed E-state index contributed by atoms with van der Waals surface area (Å²) >= 11 is 3.37. The summed E-state index contributed by atoms with van der Waals surface area (Å²) < 4.78 is 6.33. The minimum Gasteiger partial charge on any atom is -0.493 e. The van der Waals surface area contributed by atoms with Crippen LogP contribution >= 0.6 is 15.9 Å². The molecule has 4 amide bonds. The summed E-state index contributed by atoms with van der Waals surface area (Å²) in [4.78, 5) is 38.4. The standard InChI is InChI=1S/C20H17BrN2O4/c1-3-27-17-9-6-14(21)10-13(17)11-16-18(24)22-20(26)23(19(16)25)15-7-4-12(2)5-8-15/h4-11H,3H2,1-2H3,(H,22,24,26)/b16-11-. The van der Waals surface area contributed by atoms with Gasteiger partial charge in [-0.1, -0.05) is 33.6 Å². The Kier molecular flexibility index (Phi) is 5.41. The molecular formula is C20H17BrN2O4. The number of carbonyl (C=O) groups excluding carboxylic acids is 3. The van der Waals surface area contributed by atoms with E-state index in [-0.39, 0.29) is 5.57 Å². The number of amides is 4. The van der Waals surface area contributed by atoms with Crippen LogP contribution in [0.3, 0.4) is 0 Å². The molecule has 3 rings (SSSR count). The zero-order chi connectivity index (χ0) is 19.6. The van der Waals surface area contributed by atoms with Gasteiger partial charge in [0.15, 0.2) is 0 Å². The molecular weight excluding hydrogens is 412 g/mol. The molecule has 27 heavy (non-hydrogen) atoms. The molecule has 1 saturated heterocycles. The second-order valence-electron chi connectivity index (χ2n) is 5.91. The third-order valence-corrected chi connectivity index (χ3v) is 4.46. The maximum Gasteiger partial charge on any atom is 0.335 e. The van der Waals surface area contributed by atoms with Gasteiger partial charge in [-0.2, -0.15) is 0 Å². The number of anilines is 1. The molecule has 2 aromatic rings. The van der Waals surface area contributed by atoms with Gasteiger partial charge in [-0.3, -0.25) is 14.9 Å². The molecule has 0 unspecified atom stereocenters. The Labute approximate surface area is 164 Å². The van der Waals surface area contributed by atoms with E-state index >= 15 is 0 Å². The number of rotatable bonds is 4. The molecule has 0 aliphatic carbocycles. The van der Waals surface area contributed by atoms with E-state index in [2.05, 4.69) is 21.2 Å². The van der Waals surface area contributed by atoms with Gasteiger partial charge < -0.3 is 4.74 Å². The molecule has 6 nitrogen and oxygen atoms in total. The fraction of sp³-hybridized carbons (Fsp3) is 0.150. The first-order valence-corrected chi connectivity index (χ1v) is 9.10. The molecule has 0 atom stereocenters. The topological polar surface area (TPSA) is 75.7 Å². The van der Waals surface area contributed by atoms with Crippen molar-refractivity contribution in [3.63, 3.8) is 0 Å². The number of nitrogens with zero attached hydrogens (tertiary/aromatic N) is 1. The van der Waals surface area contributed by atoms with Crippen LogP contribution in [0.15, 0.2) is 52.5 Å². The molecule has 0 saturated carbocycles. The number of aryl methyl sites for hydroxylation is 1. The molecule has 1 fully saturated rings. The lowest BCUT2D eigenvalue weighted by molar-refractivity contribution is -0.122. The summed E-state index contributed by atoms with van der Waals surface area (Å²) in [5, 5.41) is 2.22. The quantitative estimate of drug-likeness (QED) is 0.592. The van der Waals surface area contributed by atoms with Crippen molar-refractivity contribution in [2.24, 2.45) is 0 Å². The molecule has 1 heterocycles. The second kappa shape index (κ2) is 7.75. The Morgan fingerprint density at radius 2 is 1.81 bits per heavy atom. The van der Waals surface area contributed by atoms with Crippen molar-refractivity contribution in [2.75, 3.05) is 11.5 Å². The maximum absolute atomic E-state index is 12.9. The van der Waals surface area contributed by atoms with E-state index in [9.17, 15) is 14.4 Å². The number of barbiturate groups is 1. The summed E-state index contributed by atoms with van der Waals surface area (Å²) in [6.07, 6.45) is 1.43. The summed E-state index contributed by atoms with van der Waals surface area (Å²) in [5.41, 5.74) is 1.80. The zero-order valence-electron chi connectivity index (χ0n) is 14.8. The molecule has 0 bridgehead atoms. The Hall–Kier alpha value is -2.93. The lowest BCUT2D eigenvalue weighted by atomic mass is 10.1.